The van der Waals surface area contributed by atoms with E-state index in [-0.39, 0.29) is 5.91 Å². The van der Waals surface area contributed by atoms with E-state index in [0.717, 1.165) is 18.3 Å². The molecule has 0 heterocycles. The lowest BCUT2D eigenvalue weighted by Gasteiger charge is -2.22. The third-order valence-electron chi connectivity index (χ3n) is 4.54. The van der Waals surface area contributed by atoms with Gasteiger partial charge in [0, 0.05) is 6.42 Å². The number of carbonyl (C=O) groups excluding carboxylic acids is 1. The molecule has 0 aromatic rings. The zero-order valence-corrected chi connectivity index (χ0v) is 11.0. The summed E-state index contributed by atoms with van der Waals surface area (Å²) < 4.78 is 0. The van der Waals surface area contributed by atoms with E-state index >= 15 is 0 Å². The summed E-state index contributed by atoms with van der Waals surface area (Å²) in [4.78, 5) is 22.9. The first kappa shape index (κ1) is 13.4. The van der Waals surface area contributed by atoms with Crippen LogP contribution in [-0.4, -0.2) is 23.0 Å². The summed E-state index contributed by atoms with van der Waals surface area (Å²) >= 11 is 0. The maximum Gasteiger partial charge on any atom is 0.326 e. The van der Waals surface area contributed by atoms with Crippen molar-refractivity contribution in [3.8, 4) is 0 Å². The predicted octanol–water partition coefficient (Wildman–Crippen LogP) is 2.18. The van der Waals surface area contributed by atoms with Crippen LogP contribution >= 0.6 is 0 Å². The summed E-state index contributed by atoms with van der Waals surface area (Å²) in [6, 6.07) is -0.707. The molecule has 4 nitrogen and oxygen atoms in total. The molecular formula is C14H23NO3. The molecule has 2 aliphatic rings. The fourth-order valence-electron chi connectivity index (χ4n) is 3.66. The van der Waals surface area contributed by atoms with Gasteiger partial charge in [0.15, 0.2) is 0 Å². The molecule has 2 aliphatic carbocycles. The number of hydrogen-bond donors (Lipinski definition) is 2. The molecule has 2 rings (SSSR count). The van der Waals surface area contributed by atoms with Gasteiger partial charge >= 0.3 is 5.97 Å². The molecule has 4 heteroatoms. The van der Waals surface area contributed by atoms with Crippen LogP contribution in [0.5, 0.6) is 0 Å². The minimum absolute atomic E-state index is 0.0756. The van der Waals surface area contributed by atoms with E-state index in [4.69, 9.17) is 5.11 Å². The first-order valence-corrected chi connectivity index (χ1v) is 7.12. The van der Waals surface area contributed by atoms with Crippen molar-refractivity contribution >= 4 is 11.9 Å². The van der Waals surface area contributed by atoms with Gasteiger partial charge in [-0.05, 0) is 43.4 Å². The van der Waals surface area contributed by atoms with E-state index in [2.05, 4.69) is 5.32 Å². The summed E-state index contributed by atoms with van der Waals surface area (Å²) in [6.07, 6.45) is 6.85. The summed E-state index contributed by atoms with van der Waals surface area (Å²) in [5, 5.41) is 11.7. The van der Waals surface area contributed by atoms with Gasteiger partial charge in [-0.15, -0.1) is 0 Å². The van der Waals surface area contributed by atoms with Crippen molar-refractivity contribution in [2.75, 3.05) is 0 Å². The van der Waals surface area contributed by atoms with E-state index in [1.807, 2.05) is 6.92 Å². The van der Waals surface area contributed by atoms with Crippen molar-refractivity contribution in [3.05, 3.63) is 0 Å². The Morgan fingerprint density at radius 2 is 2.11 bits per heavy atom. The first-order chi connectivity index (χ1) is 8.60. The Hall–Kier alpha value is -1.06. The largest absolute Gasteiger partial charge is 0.480 e. The topological polar surface area (TPSA) is 66.4 Å². The maximum absolute atomic E-state index is 11.9. The smallest absolute Gasteiger partial charge is 0.326 e. The van der Waals surface area contributed by atoms with Crippen LogP contribution in [0.1, 0.15) is 51.9 Å². The van der Waals surface area contributed by atoms with Crippen LogP contribution in [0.25, 0.3) is 0 Å². The van der Waals surface area contributed by atoms with Gasteiger partial charge in [-0.1, -0.05) is 19.8 Å². The first-order valence-electron chi connectivity index (χ1n) is 7.12. The van der Waals surface area contributed by atoms with Crippen LogP contribution in [0, 0.1) is 17.8 Å². The molecule has 0 spiro atoms. The van der Waals surface area contributed by atoms with E-state index in [0.29, 0.717) is 18.8 Å². The highest BCUT2D eigenvalue weighted by molar-refractivity contribution is 5.83. The fourth-order valence-corrected chi connectivity index (χ4v) is 3.66. The minimum Gasteiger partial charge on any atom is -0.480 e. The van der Waals surface area contributed by atoms with E-state index in [9.17, 15) is 9.59 Å². The molecule has 2 N–H and O–H groups in total. The van der Waals surface area contributed by atoms with E-state index in [1.54, 1.807) is 0 Å². The molecule has 2 fully saturated rings. The zero-order chi connectivity index (χ0) is 13.1. The molecule has 2 saturated carbocycles. The number of aliphatic carboxylic acids is 1. The number of nitrogens with one attached hydrogen (secondary N) is 1. The number of fused-ring (bicyclic) bond motifs is 2. The number of amides is 1. The highest BCUT2D eigenvalue weighted by Crippen LogP contribution is 2.49. The molecule has 0 aliphatic heterocycles. The third kappa shape index (κ3) is 3.03. The van der Waals surface area contributed by atoms with Gasteiger partial charge in [0.2, 0.25) is 5.91 Å². The Bertz CT molecular complexity index is 329. The molecule has 0 aromatic carbocycles. The zero-order valence-electron chi connectivity index (χ0n) is 11.0. The molecular weight excluding hydrogens is 230 g/mol. The van der Waals surface area contributed by atoms with Crippen molar-refractivity contribution in [1.29, 1.82) is 0 Å². The Balaban J connectivity index is 1.79. The fraction of sp³-hybridized carbons (Fsp3) is 0.857. The Morgan fingerprint density at radius 1 is 1.33 bits per heavy atom. The molecule has 0 radical (unpaired) electrons. The number of carboxylic acids is 1. The van der Waals surface area contributed by atoms with Crippen molar-refractivity contribution in [2.24, 2.45) is 17.8 Å². The van der Waals surface area contributed by atoms with Gasteiger partial charge in [-0.3, -0.25) is 4.79 Å². The molecule has 102 valence electrons. The standard InChI is InChI=1S/C14H23NO3/c1-2-3-12(14(17)18)15-13(16)8-11-7-9-4-5-10(11)6-9/h9-12H,2-8H2,1H3,(H,15,16)(H,17,18). The van der Waals surface area contributed by atoms with Crippen molar-refractivity contribution in [3.63, 3.8) is 0 Å². The quantitative estimate of drug-likeness (QED) is 0.762. The molecule has 1 amide bonds. The van der Waals surface area contributed by atoms with Crippen LogP contribution in [0.15, 0.2) is 0 Å². The minimum atomic E-state index is -0.918. The number of carbonyl (C=O) groups is 2. The van der Waals surface area contributed by atoms with Crippen molar-refractivity contribution in [2.45, 2.75) is 57.9 Å². The van der Waals surface area contributed by atoms with Gasteiger partial charge in [0.05, 0.1) is 0 Å². The van der Waals surface area contributed by atoms with Gasteiger partial charge in [0.1, 0.15) is 6.04 Å². The Morgan fingerprint density at radius 3 is 2.61 bits per heavy atom. The van der Waals surface area contributed by atoms with Crippen molar-refractivity contribution < 1.29 is 14.7 Å². The van der Waals surface area contributed by atoms with Crippen LogP contribution in [0.3, 0.4) is 0 Å². The summed E-state index contributed by atoms with van der Waals surface area (Å²) in [6.45, 7) is 1.93. The van der Waals surface area contributed by atoms with E-state index in [1.165, 1.54) is 25.7 Å². The van der Waals surface area contributed by atoms with Crippen LogP contribution in [-0.2, 0) is 9.59 Å². The second kappa shape index (κ2) is 5.72. The SMILES string of the molecule is CCCC(NC(=O)CC1CC2CCC1C2)C(=O)O. The van der Waals surface area contributed by atoms with Crippen LogP contribution in [0.4, 0.5) is 0 Å². The van der Waals surface area contributed by atoms with Crippen LogP contribution in [0.2, 0.25) is 0 Å². The summed E-state index contributed by atoms with van der Waals surface area (Å²) in [5.74, 6) is 1.06. The van der Waals surface area contributed by atoms with Crippen LogP contribution < -0.4 is 5.32 Å². The second-order valence-corrected chi connectivity index (χ2v) is 5.89. The third-order valence-corrected chi connectivity index (χ3v) is 4.54. The summed E-state index contributed by atoms with van der Waals surface area (Å²) in [5.41, 5.74) is 0. The van der Waals surface area contributed by atoms with Gasteiger partial charge in [-0.25, -0.2) is 4.79 Å². The molecule has 18 heavy (non-hydrogen) atoms. The van der Waals surface area contributed by atoms with Gasteiger partial charge < -0.3 is 10.4 Å². The average molecular weight is 253 g/mol. The lowest BCUT2D eigenvalue weighted by atomic mass is 9.86. The normalized spacial score (nSPS) is 31.3. The number of carboxylic acid groups (broad SMARTS) is 1. The monoisotopic (exact) mass is 253 g/mol. The maximum atomic E-state index is 11.9. The number of rotatable bonds is 6. The highest BCUT2D eigenvalue weighted by Gasteiger charge is 2.40. The van der Waals surface area contributed by atoms with Gasteiger partial charge in [-0.2, -0.15) is 0 Å². The average Bonchev–Trinajstić information content (AvgIpc) is 2.90. The molecule has 2 bridgehead atoms. The predicted molar refractivity (Wildman–Crippen MR) is 68.0 cm³/mol. The molecule has 4 atom stereocenters. The number of hydrogen-bond acceptors (Lipinski definition) is 2. The van der Waals surface area contributed by atoms with Gasteiger partial charge in [0.25, 0.3) is 0 Å². The highest BCUT2D eigenvalue weighted by atomic mass is 16.4. The lowest BCUT2D eigenvalue weighted by Crippen LogP contribution is -2.41. The molecule has 4 unspecified atom stereocenters. The molecule has 0 saturated heterocycles. The van der Waals surface area contributed by atoms with E-state index < -0.39 is 12.0 Å². The Labute approximate surface area is 108 Å². The van der Waals surface area contributed by atoms with Crippen molar-refractivity contribution in [1.82, 2.24) is 5.32 Å². The lowest BCUT2D eigenvalue weighted by molar-refractivity contribution is -0.142. The summed E-state index contributed by atoms with van der Waals surface area (Å²) in [7, 11) is 0. The Kier molecular flexibility index (Phi) is 4.25. The molecule has 0 aromatic heterocycles. The second-order valence-electron chi connectivity index (χ2n) is 5.89.